The number of hydrogen-bond donors (Lipinski definition) is 0. The Hall–Kier alpha value is -3.08. The van der Waals surface area contributed by atoms with Crippen LogP contribution in [-0.4, -0.2) is 24.6 Å². The molecule has 1 atom stereocenters. The van der Waals surface area contributed by atoms with Gasteiger partial charge in [0.2, 0.25) is 0 Å². The number of hydrogen-bond acceptors (Lipinski definition) is 5. The number of allylic oxidation sites excluding steroid dienone is 2. The molecule has 1 unspecified atom stereocenters. The Morgan fingerprint density at radius 1 is 0.846 bits per heavy atom. The van der Waals surface area contributed by atoms with Crippen LogP contribution in [0.15, 0.2) is 60.7 Å². The van der Waals surface area contributed by atoms with Crippen LogP contribution in [-0.2, 0) is 4.74 Å². The molecule has 0 saturated heterocycles. The summed E-state index contributed by atoms with van der Waals surface area (Å²) in [6.07, 6.45) is 16.7. The number of carbonyl (C=O) groups is 2. The van der Waals surface area contributed by atoms with Crippen molar-refractivity contribution in [2.75, 3.05) is 6.61 Å². The fourth-order valence-electron chi connectivity index (χ4n) is 4.75. The van der Waals surface area contributed by atoms with Gasteiger partial charge in [0, 0.05) is 0 Å². The molecular formula is C34H46O5. The molecule has 0 radical (unpaired) electrons. The molecule has 3 rings (SSSR count). The van der Waals surface area contributed by atoms with Gasteiger partial charge in [0.1, 0.15) is 17.6 Å². The number of rotatable bonds is 15. The summed E-state index contributed by atoms with van der Waals surface area (Å²) in [7, 11) is 0. The summed E-state index contributed by atoms with van der Waals surface area (Å²) in [5.74, 6) is 1.74. The van der Waals surface area contributed by atoms with Gasteiger partial charge in [-0.2, -0.15) is 0 Å². The number of carbonyl (C=O) groups excluding carboxylic acids is 2. The lowest BCUT2D eigenvalue weighted by molar-refractivity contribution is 0.0184. The highest BCUT2D eigenvalue weighted by atomic mass is 16.5. The van der Waals surface area contributed by atoms with Crippen molar-refractivity contribution < 1.29 is 23.8 Å². The van der Waals surface area contributed by atoms with Crippen molar-refractivity contribution >= 4 is 11.9 Å². The van der Waals surface area contributed by atoms with Crippen molar-refractivity contribution in [3.8, 4) is 11.5 Å². The maximum Gasteiger partial charge on any atom is 0.343 e. The van der Waals surface area contributed by atoms with Crippen LogP contribution >= 0.6 is 0 Å². The molecule has 1 aliphatic carbocycles. The summed E-state index contributed by atoms with van der Waals surface area (Å²) >= 11 is 0. The summed E-state index contributed by atoms with van der Waals surface area (Å²) < 4.78 is 17.0. The second-order valence-corrected chi connectivity index (χ2v) is 10.8. The number of esters is 2. The highest BCUT2D eigenvalue weighted by molar-refractivity contribution is 5.92. The molecule has 39 heavy (non-hydrogen) atoms. The van der Waals surface area contributed by atoms with Crippen LogP contribution in [0, 0.1) is 11.8 Å². The third kappa shape index (κ3) is 10.9. The van der Waals surface area contributed by atoms with Crippen LogP contribution in [0.4, 0.5) is 0 Å². The van der Waals surface area contributed by atoms with Crippen LogP contribution in [0.5, 0.6) is 11.5 Å². The van der Waals surface area contributed by atoms with E-state index in [-0.39, 0.29) is 12.1 Å². The summed E-state index contributed by atoms with van der Waals surface area (Å²) in [5, 5.41) is 0. The average Bonchev–Trinajstić information content (AvgIpc) is 2.96. The highest BCUT2D eigenvalue weighted by Crippen LogP contribution is 2.28. The van der Waals surface area contributed by atoms with E-state index < -0.39 is 5.97 Å². The second kappa shape index (κ2) is 16.8. The van der Waals surface area contributed by atoms with Gasteiger partial charge in [0.15, 0.2) is 0 Å². The minimum absolute atomic E-state index is 0.0348. The van der Waals surface area contributed by atoms with Crippen molar-refractivity contribution in [3.05, 3.63) is 71.8 Å². The largest absolute Gasteiger partial charge is 0.494 e. The lowest BCUT2D eigenvalue weighted by atomic mass is 9.87. The summed E-state index contributed by atoms with van der Waals surface area (Å²) in [5.41, 5.74) is 0.903. The molecule has 0 bridgehead atoms. The lowest BCUT2D eigenvalue weighted by Crippen LogP contribution is -2.24. The third-order valence-corrected chi connectivity index (χ3v) is 7.55. The van der Waals surface area contributed by atoms with Gasteiger partial charge < -0.3 is 14.2 Å². The van der Waals surface area contributed by atoms with Gasteiger partial charge >= 0.3 is 11.9 Å². The first-order valence-corrected chi connectivity index (χ1v) is 14.9. The van der Waals surface area contributed by atoms with E-state index in [9.17, 15) is 9.59 Å². The zero-order chi connectivity index (χ0) is 27.9. The molecule has 0 aliphatic heterocycles. The maximum absolute atomic E-state index is 12.6. The molecule has 2 aromatic carbocycles. The van der Waals surface area contributed by atoms with Crippen molar-refractivity contribution in [2.24, 2.45) is 11.8 Å². The number of ether oxygens (including phenoxy) is 3. The van der Waals surface area contributed by atoms with E-state index in [1.165, 1.54) is 32.1 Å². The fraction of sp³-hybridized carbons (Fsp3) is 0.529. The van der Waals surface area contributed by atoms with E-state index in [1.807, 2.05) is 0 Å². The van der Waals surface area contributed by atoms with Gasteiger partial charge in [-0.05, 0) is 98.9 Å². The van der Waals surface area contributed by atoms with E-state index >= 15 is 0 Å². The van der Waals surface area contributed by atoms with Crippen LogP contribution < -0.4 is 9.47 Å². The first-order valence-electron chi connectivity index (χ1n) is 14.9. The molecule has 0 amide bonds. The van der Waals surface area contributed by atoms with Gasteiger partial charge in [-0.3, -0.25) is 0 Å². The van der Waals surface area contributed by atoms with Crippen molar-refractivity contribution in [1.29, 1.82) is 0 Å². The van der Waals surface area contributed by atoms with E-state index in [1.54, 1.807) is 48.5 Å². The van der Waals surface area contributed by atoms with Gasteiger partial charge in [-0.1, -0.05) is 65.0 Å². The van der Waals surface area contributed by atoms with E-state index in [0.29, 0.717) is 29.4 Å². The molecule has 1 saturated carbocycles. The minimum Gasteiger partial charge on any atom is -0.494 e. The normalized spacial score (nSPS) is 18.0. The Bertz CT molecular complexity index is 1020. The molecule has 0 aromatic heterocycles. The Kier molecular flexibility index (Phi) is 13.1. The Morgan fingerprint density at radius 3 is 2.13 bits per heavy atom. The zero-order valence-electron chi connectivity index (χ0n) is 24.0. The standard InChI is InChI=1S/C34H46O5/c1-4-6-8-12-27-13-19-31(20-14-27)38-34(36)29-17-23-32(24-18-29)39-33(35)28-15-21-30(22-16-28)37-25-10-7-9-11-26(3)5-2/h8,12,15-18,21-24,26-27,31H,4-7,9-11,13-14,19-20,25H2,1-3H3/b12-8+. The molecule has 1 aliphatic rings. The fourth-order valence-corrected chi connectivity index (χ4v) is 4.75. The third-order valence-electron chi connectivity index (χ3n) is 7.55. The SMILES string of the molecule is CCC/C=C/C1CCC(OC(=O)c2ccc(OC(=O)c3ccc(OCCCCCC(C)CC)cc3)cc2)CC1. The monoisotopic (exact) mass is 534 g/mol. The van der Waals surface area contributed by atoms with E-state index in [2.05, 4.69) is 32.9 Å². The number of benzene rings is 2. The second-order valence-electron chi connectivity index (χ2n) is 10.8. The molecule has 0 spiro atoms. The molecule has 212 valence electrons. The Balaban J connectivity index is 1.38. The summed E-state index contributed by atoms with van der Waals surface area (Å²) in [6, 6.07) is 13.5. The van der Waals surface area contributed by atoms with E-state index in [0.717, 1.165) is 50.2 Å². The van der Waals surface area contributed by atoms with Crippen LogP contribution in [0.3, 0.4) is 0 Å². The number of unbranched alkanes of at least 4 members (excludes halogenated alkanes) is 3. The molecule has 5 nitrogen and oxygen atoms in total. The van der Waals surface area contributed by atoms with Gasteiger partial charge in [0.05, 0.1) is 17.7 Å². The topological polar surface area (TPSA) is 61.8 Å². The van der Waals surface area contributed by atoms with Gasteiger partial charge in [-0.25, -0.2) is 9.59 Å². The van der Waals surface area contributed by atoms with Crippen molar-refractivity contribution in [2.45, 2.75) is 97.5 Å². The van der Waals surface area contributed by atoms with Crippen LogP contribution in [0.25, 0.3) is 0 Å². The molecule has 0 heterocycles. The summed E-state index contributed by atoms with van der Waals surface area (Å²) in [4.78, 5) is 25.2. The predicted octanol–water partition coefficient (Wildman–Crippen LogP) is 8.96. The Morgan fingerprint density at radius 2 is 1.49 bits per heavy atom. The van der Waals surface area contributed by atoms with Crippen molar-refractivity contribution in [1.82, 2.24) is 0 Å². The molecular weight excluding hydrogens is 488 g/mol. The first-order chi connectivity index (χ1) is 19.0. The Labute approximate surface area is 234 Å². The molecule has 5 heteroatoms. The summed E-state index contributed by atoms with van der Waals surface area (Å²) in [6.45, 7) is 7.40. The molecule has 0 N–H and O–H groups in total. The van der Waals surface area contributed by atoms with Gasteiger partial charge in [0.25, 0.3) is 0 Å². The minimum atomic E-state index is -0.452. The highest BCUT2D eigenvalue weighted by Gasteiger charge is 2.23. The van der Waals surface area contributed by atoms with Gasteiger partial charge in [-0.15, -0.1) is 0 Å². The predicted molar refractivity (Wildman–Crippen MR) is 156 cm³/mol. The average molecular weight is 535 g/mol. The van der Waals surface area contributed by atoms with Crippen LogP contribution in [0.1, 0.15) is 112 Å². The smallest absolute Gasteiger partial charge is 0.343 e. The maximum atomic E-state index is 12.6. The van der Waals surface area contributed by atoms with Crippen LogP contribution in [0.2, 0.25) is 0 Å². The molecule has 1 fully saturated rings. The quantitative estimate of drug-likeness (QED) is 0.0987. The molecule has 2 aromatic rings. The first kappa shape index (κ1) is 30.5. The lowest BCUT2D eigenvalue weighted by Gasteiger charge is -2.26. The van der Waals surface area contributed by atoms with Crippen molar-refractivity contribution in [3.63, 3.8) is 0 Å². The van der Waals surface area contributed by atoms with E-state index in [4.69, 9.17) is 14.2 Å². The zero-order valence-corrected chi connectivity index (χ0v) is 24.0.